The summed E-state index contributed by atoms with van der Waals surface area (Å²) in [4.78, 5) is 24.7. The molecular weight excluding hydrogens is 276 g/mol. The number of carbonyl (C=O) groups excluding carboxylic acids is 2. The Labute approximate surface area is 133 Å². The summed E-state index contributed by atoms with van der Waals surface area (Å²) in [6, 6.07) is 6.03. The standard InChI is InChI=1S/C19H26O3/c1-12(2)14-7-6-13(11-17(14)22-5)10-15-16(20)8-9-19(3,4)18(15)21/h6-7,11-12,15H,8-10H2,1-5H3. The van der Waals surface area contributed by atoms with Crippen molar-refractivity contribution >= 4 is 11.6 Å². The number of hydrogen-bond donors (Lipinski definition) is 0. The van der Waals surface area contributed by atoms with Gasteiger partial charge < -0.3 is 4.74 Å². The molecule has 1 aliphatic rings. The van der Waals surface area contributed by atoms with Crippen LogP contribution in [-0.2, 0) is 16.0 Å². The van der Waals surface area contributed by atoms with Gasteiger partial charge in [0, 0.05) is 11.8 Å². The van der Waals surface area contributed by atoms with Gasteiger partial charge in [-0.05, 0) is 36.0 Å². The quantitative estimate of drug-likeness (QED) is 0.791. The number of Topliss-reactive ketones (excluding diaryl/α,β-unsaturated/α-hetero) is 2. The first-order valence-corrected chi connectivity index (χ1v) is 8.00. The van der Waals surface area contributed by atoms with Gasteiger partial charge in [0.05, 0.1) is 13.0 Å². The maximum Gasteiger partial charge on any atom is 0.149 e. The van der Waals surface area contributed by atoms with Gasteiger partial charge in [0.1, 0.15) is 17.3 Å². The van der Waals surface area contributed by atoms with Crippen molar-refractivity contribution in [1.82, 2.24) is 0 Å². The van der Waals surface area contributed by atoms with Crippen LogP contribution in [0, 0.1) is 11.3 Å². The van der Waals surface area contributed by atoms with Gasteiger partial charge >= 0.3 is 0 Å². The first-order valence-electron chi connectivity index (χ1n) is 8.00. The molecule has 1 aromatic carbocycles. The normalized spacial score (nSPS) is 21.3. The van der Waals surface area contributed by atoms with E-state index in [1.54, 1.807) is 7.11 Å². The molecule has 22 heavy (non-hydrogen) atoms. The van der Waals surface area contributed by atoms with Gasteiger partial charge in [-0.3, -0.25) is 9.59 Å². The Morgan fingerprint density at radius 3 is 2.55 bits per heavy atom. The van der Waals surface area contributed by atoms with Crippen molar-refractivity contribution in [1.29, 1.82) is 0 Å². The van der Waals surface area contributed by atoms with Crippen LogP contribution in [0.15, 0.2) is 18.2 Å². The number of carbonyl (C=O) groups is 2. The maximum absolute atomic E-state index is 12.5. The van der Waals surface area contributed by atoms with Crippen LogP contribution in [0.5, 0.6) is 5.75 Å². The van der Waals surface area contributed by atoms with Gasteiger partial charge in [-0.25, -0.2) is 0 Å². The van der Waals surface area contributed by atoms with E-state index in [2.05, 4.69) is 13.8 Å². The van der Waals surface area contributed by atoms with Gasteiger partial charge in [0.25, 0.3) is 0 Å². The zero-order chi connectivity index (χ0) is 16.5. The molecule has 3 nitrogen and oxygen atoms in total. The van der Waals surface area contributed by atoms with Crippen molar-refractivity contribution in [3.8, 4) is 5.75 Å². The van der Waals surface area contributed by atoms with Crippen molar-refractivity contribution in [2.24, 2.45) is 11.3 Å². The summed E-state index contributed by atoms with van der Waals surface area (Å²) < 4.78 is 5.46. The van der Waals surface area contributed by atoms with E-state index >= 15 is 0 Å². The Morgan fingerprint density at radius 1 is 1.27 bits per heavy atom. The highest BCUT2D eigenvalue weighted by Gasteiger charge is 2.41. The molecule has 0 bridgehead atoms. The van der Waals surface area contributed by atoms with E-state index in [1.165, 1.54) is 0 Å². The molecule has 0 N–H and O–H groups in total. The molecule has 0 saturated heterocycles. The van der Waals surface area contributed by atoms with E-state index in [4.69, 9.17) is 4.74 Å². The molecule has 0 amide bonds. The van der Waals surface area contributed by atoms with Crippen LogP contribution in [0.4, 0.5) is 0 Å². The van der Waals surface area contributed by atoms with Crippen LogP contribution < -0.4 is 4.74 Å². The predicted octanol–water partition coefficient (Wildman–Crippen LogP) is 3.94. The number of ether oxygens (including phenoxy) is 1. The Kier molecular flexibility index (Phi) is 4.74. The number of ketones is 2. The predicted molar refractivity (Wildman–Crippen MR) is 87.3 cm³/mol. The fraction of sp³-hybridized carbons (Fsp3) is 0.579. The molecule has 0 radical (unpaired) electrons. The Morgan fingerprint density at radius 2 is 1.95 bits per heavy atom. The van der Waals surface area contributed by atoms with Gasteiger partial charge in [-0.1, -0.05) is 39.8 Å². The molecule has 120 valence electrons. The summed E-state index contributed by atoms with van der Waals surface area (Å²) in [6.45, 7) is 8.12. The summed E-state index contributed by atoms with van der Waals surface area (Å²) in [6.07, 6.45) is 1.65. The summed E-state index contributed by atoms with van der Waals surface area (Å²) in [5.74, 6) is 0.869. The number of hydrogen-bond acceptors (Lipinski definition) is 3. The lowest BCUT2D eigenvalue weighted by atomic mass is 9.69. The van der Waals surface area contributed by atoms with E-state index in [1.807, 2.05) is 32.0 Å². The number of rotatable bonds is 4. The third kappa shape index (κ3) is 3.23. The fourth-order valence-corrected chi connectivity index (χ4v) is 3.15. The maximum atomic E-state index is 12.5. The second kappa shape index (κ2) is 6.23. The number of methoxy groups -OCH3 is 1. The van der Waals surface area contributed by atoms with E-state index in [0.29, 0.717) is 25.2 Å². The van der Waals surface area contributed by atoms with E-state index in [9.17, 15) is 9.59 Å². The van der Waals surface area contributed by atoms with Gasteiger partial charge in [0.15, 0.2) is 0 Å². The molecule has 1 aromatic rings. The molecule has 2 rings (SSSR count). The Balaban J connectivity index is 2.26. The topological polar surface area (TPSA) is 43.4 Å². The largest absolute Gasteiger partial charge is 0.496 e. The lowest BCUT2D eigenvalue weighted by Crippen LogP contribution is -2.41. The molecule has 1 aliphatic carbocycles. The average Bonchev–Trinajstić information content (AvgIpc) is 2.47. The van der Waals surface area contributed by atoms with Crippen LogP contribution in [0.2, 0.25) is 0 Å². The highest BCUT2D eigenvalue weighted by molar-refractivity contribution is 6.07. The lowest BCUT2D eigenvalue weighted by Gasteiger charge is -2.32. The highest BCUT2D eigenvalue weighted by Crippen LogP contribution is 2.36. The molecule has 1 saturated carbocycles. The van der Waals surface area contributed by atoms with Crippen LogP contribution in [0.25, 0.3) is 0 Å². The van der Waals surface area contributed by atoms with Crippen molar-refractivity contribution in [3.63, 3.8) is 0 Å². The minimum Gasteiger partial charge on any atom is -0.496 e. The smallest absolute Gasteiger partial charge is 0.149 e. The monoisotopic (exact) mass is 302 g/mol. The van der Waals surface area contributed by atoms with Crippen LogP contribution >= 0.6 is 0 Å². The zero-order valence-corrected chi connectivity index (χ0v) is 14.2. The molecule has 3 heteroatoms. The Bertz CT molecular complexity index is 584. The molecular formula is C19H26O3. The van der Waals surface area contributed by atoms with E-state index < -0.39 is 5.92 Å². The summed E-state index contributed by atoms with van der Waals surface area (Å²) in [7, 11) is 1.66. The molecule has 1 fully saturated rings. The first kappa shape index (κ1) is 16.7. The lowest BCUT2D eigenvalue weighted by molar-refractivity contribution is -0.142. The SMILES string of the molecule is COc1cc(CC2C(=O)CCC(C)(C)C2=O)ccc1C(C)C. The fourth-order valence-electron chi connectivity index (χ4n) is 3.15. The van der Waals surface area contributed by atoms with Crippen LogP contribution in [-0.4, -0.2) is 18.7 Å². The molecule has 1 atom stereocenters. The van der Waals surface area contributed by atoms with Crippen molar-refractivity contribution < 1.29 is 14.3 Å². The zero-order valence-electron chi connectivity index (χ0n) is 14.2. The van der Waals surface area contributed by atoms with Gasteiger partial charge in [-0.2, -0.15) is 0 Å². The van der Waals surface area contributed by atoms with Crippen LogP contribution in [0.3, 0.4) is 0 Å². The summed E-state index contributed by atoms with van der Waals surface area (Å²) >= 11 is 0. The van der Waals surface area contributed by atoms with E-state index in [0.717, 1.165) is 16.9 Å². The minimum absolute atomic E-state index is 0.0793. The average molecular weight is 302 g/mol. The van der Waals surface area contributed by atoms with Gasteiger partial charge in [0.2, 0.25) is 0 Å². The summed E-state index contributed by atoms with van der Waals surface area (Å²) in [5, 5.41) is 0. The summed E-state index contributed by atoms with van der Waals surface area (Å²) in [5.41, 5.74) is 1.75. The van der Waals surface area contributed by atoms with Crippen molar-refractivity contribution in [2.75, 3.05) is 7.11 Å². The molecule has 1 unspecified atom stereocenters. The minimum atomic E-state index is -0.502. The Hall–Kier alpha value is -1.64. The molecule has 0 spiro atoms. The van der Waals surface area contributed by atoms with Crippen molar-refractivity contribution in [3.05, 3.63) is 29.3 Å². The van der Waals surface area contributed by atoms with Crippen LogP contribution in [0.1, 0.15) is 57.6 Å². The van der Waals surface area contributed by atoms with E-state index in [-0.39, 0.29) is 17.0 Å². The first-order chi connectivity index (χ1) is 10.3. The highest BCUT2D eigenvalue weighted by atomic mass is 16.5. The van der Waals surface area contributed by atoms with Gasteiger partial charge in [-0.15, -0.1) is 0 Å². The second-order valence-electron chi connectivity index (χ2n) is 7.20. The molecule has 0 aromatic heterocycles. The molecule has 0 aliphatic heterocycles. The third-order valence-corrected chi connectivity index (χ3v) is 4.73. The second-order valence-corrected chi connectivity index (χ2v) is 7.20. The third-order valence-electron chi connectivity index (χ3n) is 4.73. The number of benzene rings is 1. The molecule has 0 heterocycles. The van der Waals surface area contributed by atoms with Crippen molar-refractivity contribution in [2.45, 2.75) is 52.9 Å².